The number of ether oxygens (including phenoxy) is 2. The zero-order valence-corrected chi connectivity index (χ0v) is 23.7. The van der Waals surface area contributed by atoms with E-state index in [0.29, 0.717) is 12.5 Å². The van der Waals surface area contributed by atoms with E-state index in [4.69, 9.17) is 26.1 Å². The highest BCUT2D eigenvalue weighted by Gasteiger charge is 2.34. The highest BCUT2D eigenvalue weighted by molar-refractivity contribution is 6.36. The summed E-state index contributed by atoms with van der Waals surface area (Å²) in [4.78, 5) is 22.4. The molecule has 4 aliphatic heterocycles. The van der Waals surface area contributed by atoms with Gasteiger partial charge in [0.1, 0.15) is 11.9 Å². The number of carbonyl (C=O) groups is 1. The van der Waals surface area contributed by atoms with Crippen molar-refractivity contribution in [2.24, 2.45) is 0 Å². The van der Waals surface area contributed by atoms with Crippen molar-refractivity contribution in [3.05, 3.63) is 69.9 Å². The van der Waals surface area contributed by atoms with E-state index < -0.39 is 0 Å². The van der Waals surface area contributed by atoms with Crippen LogP contribution in [-0.2, 0) is 17.8 Å². The van der Waals surface area contributed by atoms with Gasteiger partial charge in [-0.1, -0.05) is 17.7 Å². The average Bonchev–Trinajstić information content (AvgIpc) is 3.58. The molecule has 0 unspecified atom stereocenters. The molecule has 2 aromatic carbocycles. The Hall–Kier alpha value is -2.71. The number of nitrogens with zero attached hydrogens (tertiary/aromatic N) is 3. The summed E-state index contributed by atoms with van der Waals surface area (Å²) in [6.45, 7) is 6.85. The second-order valence-corrected chi connectivity index (χ2v) is 12.1. The van der Waals surface area contributed by atoms with Gasteiger partial charge in [0.25, 0.3) is 5.91 Å². The molecule has 1 aromatic heterocycles. The number of fused-ring (bicyclic) bond motifs is 2. The Balaban J connectivity index is 0.980. The van der Waals surface area contributed by atoms with Crippen LogP contribution in [0.5, 0.6) is 5.75 Å². The fraction of sp³-hybridized carbons (Fsp3) is 0.500. The number of carbonyl (C=O) groups excluding carboxylic acids is 1. The van der Waals surface area contributed by atoms with Crippen molar-refractivity contribution < 1.29 is 14.3 Å². The Morgan fingerprint density at radius 2 is 1.98 bits per heavy atom. The maximum atomic E-state index is 13.0. The van der Waals surface area contributed by atoms with Crippen LogP contribution >= 0.6 is 11.6 Å². The van der Waals surface area contributed by atoms with Gasteiger partial charge in [-0.2, -0.15) is 0 Å². The largest absolute Gasteiger partial charge is 0.489 e. The summed E-state index contributed by atoms with van der Waals surface area (Å²) >= 11 is 6.90. The van der Waals surface area contributed by atoms with Crippen LogP contribution in [0.2, 0.25) is 5.02 Å². The number of rotatable bonds is 6. The van der Waals surface area contributed by atoms with Crippen LogP contribution < -0.4 is 10.1 Å². The molecule has 0 saturated carbocycles. The number of benzene rings is 2. The zero-order valence-electron chi connectivity index (χ0n) is 22.9. The topological polar surface area (TPSA) is 66.9 Å². The van der Waals surface area contributed by atoms with Gasteiger partial charge >= 0.3 is 0 Å². The number of hydrogen-bond donors (Lipinski definition) is 1. The highest BCUT2D eigenvalue weighted by Crippen LogP contribution is 2.33. The van der Waals surface area contributed by atoms with Gasteiger partial charge in [0.15, 0.2) is 0 Å². The quantitative estimate of drug-likeness (QED) is 0.450. The lowest BCUT2D eigenvalue weighted by atomic mass is 9.95. The van der Waals surface area contributed by atoms with Crippen LogP contribution in [0.3, 0.4) is 0 Å². The van der Waals surface area contributed by atoms with Gasteiger partial charge in [0.05, 0.1) is 10.5 Å². The second kappa shape index (κ2) is 11.3. The maximum absolute atomic E-state index is 13.0. The molecule has 3 saturated heterocycles. The molecule has 2 atom stereocenters. The smallest absolute Gasteiger partial charge is 0.254 e. The number of nitrogens with one attached hydrogen (secondary N) is 1. The van der Waals surface area contributed by atoms with Crippen LogP contribution in [0, 0.1) is 0 Å². The Labute approximate surface area is 240 Å². The molecule has 40 heavy (non-hydrogen) atoms. The first-order valence-electron chi connectivity index (χ1n) is 14.8. The van der Waals surface area contributed by atoms with Gasteiger partial charge in [0, 0.05) is 74.5 Å². The Morgan fingerprint density at radius 3 is 2.83 bits per heavy atom. The molecule has 4 aliphatic rings. The normalized spacial score (nSPS) is 24.1. The summed E-state index contributed by atoms with van der Waals surface area (Å²) in [6.07, 6.45) is 5.35. The molecule has 1 N–H and O–H groups in total. The Kier molecular flexibility index (Phi) is 7.39. The summed E-state index contributed by atoms with van der Waals surface area (Å²) in [6, 6.07) is 14.8. The molecule has 0 bridgehead atoms. The van der Waals surface area contributed by atoms with Gasteiger partial charge < -0.3 is 19.7 Å². The van der Waals surface area contributed by atoms with E-state index in [1.54, 1.807) is 0 Å². The van der Waals surface area contributed by atoms with Crippen molar-refractivity contribution in [2.75, 3.05) is 39.4 Å². The summed E-state index contributed by atoms with van der Waals surface area (Å²) in [5, 5.41) is 5.25. The Morgan fingerprint density at radius 1 is 1.07 bits per heavy atom. The van der Waals surface area contributed by atoms with Crippen LogP contribution in [0.4, 0.5) is 0 Å². The molecule has 0 spiro atoms. The molecule has 3 fully saturated rings. The van der Waals surface area contributed by atoms with Gasteiger partial charge in [-0.15, -0.1) is 0 Å². The van der Waals surface area contributed by atoms with Crippen molar-refractivity contribution >= 4 is 28.4 Å². The maximum Gasteiger partial charge on any atom is 0.254 e. The standard InChI is InChI=1S/C32H37ClN4O3/c33-31-22(3-7-30-28(31)6-8-29(35-30)21-10-14-39-15-11-21)18-36-13-9-26(20-36)40-25-4-5-27-23(16-25)19-37(32(27)38)24-2-1-12-34-17-24/h3-8,16,21,24,26,34H,1-2,9-15,17-20H2/t24-,26-/m0/s1. The molecule has 0 aliphatic carbocycles. The monoisotopic (exact) mass is 560 g/mol. The van der Waals surface area contributed by atoms with Crippen LogP contribution in [0.15, 0.2) is 42.5 Å². The molecule has 7 nitrogen and oxygen atoms in total. The predicted molar refractivity (Wildman–Crippen MR) is 156 cm³/mol. The number of pyridine rings is 1. The predicted octanol–water partition coefficient (Wildman–Crippen LogP) is 5.14. The average molecular weight is 561 g/mol. The van der Waals surface area contributed by atoms with E-state index in [1.165, 1.54) is 0 Å². The summed E-state index contributed by atoms with van der Waals surface area (Å²) in [5.41, 5.74) is 5.15. The number of hydrogen-bond acceptors (Lipinski definition) is 6. The van der Waals surface area contributed by atoms with Gasteiger partial charge in [-0.25, -0.2) is 0 Å². The van der Waals surface area contributed by atoms with Crippen LogP contribution in [0.25, 0.3) is 10.9 Å². The molecule has 7 rings (SSSR count). The Bertz CT molecular complexity index is 1400. The van der Waals surface area contributed by atoms with E-state index in [-0.39, 0.29) is 18.1 Å². The fourth-order valence-corrected chi connectivity index (χ4v) is 7.11. The van der Waals surface area contributed by atoms with E-state index >= 15 is 0 Å². The second-order valence-electron chi connectivity index (χ2n) is 11.7. The van der Waals surface area contributed by atoms with E-state index in [9.17, 15) is 4.79 Å². The third kappa shape index (κ3) is 5.20. The van der Waals surface area contributed by atoms with Crippen molar-refractivity contribution in [1.82, 2.24) is 20.1 Å². The zero-order chi connectivity index (χ0) is 27.1. The van der Waals surface area contributed by atoms with Crippen molar-refractivity contribution in [3.8, 4) is 5.75 Å². The first-order chi connectivity index (χ1) is 19.6. The molecule has 8 heteroatoms. The molecule has 1 amide bonds. The number of aromatic nitrogens is 1. The first-order valence-corrected chi connectivity index (χ1v) is 15.2. The number of likely N-dealkylation sites (tertiary alicyclic amines) is 1. The molecule has 5 heterocycles. The minimum absolute atomic E-state index is 0.122. The lowest BCUT2D eigenvalue weighted by Gasteiger charge is -2.31. The van der Waals surface area contributed by atoms with Crippen molar-refractivity contribution in [3.63, 3.8) is 0 Å². The first kappa shape index (κ1) is 26.2. The summed E-state index contributed by atoms with van der Waals surface area (Å²) < 4.78 is 11.9. The highest BCUT2D eigenvalue weighted by atomic mass is 35.5. The SMILES string of the molecule is O=C1c2ccc(O[C@H]3CCN(Cc4ccc5nc(C6CCOCC6)ccc5c4Cl)C3)cc2CN1[C@H]1CCCNC1. The molecular formula is C32H37ClN4O3. The van der Waals surface area contributed by atoms with Crippen LogP contribution in [0.1, 0.15) is 65.2 Å². The number of amides is 1. The fourth-order valence-electron chi connectivity index (χ4n) is 6.83. The number of halogens is 1. The molecule has 210 valence electrons. The summed E-state index contributed by atoms with van der Waals surface area (Å²) in [7, 11) is 0. The van der Waals surface area contributed by atoms with Gasteiger partial charge in [-0.05, 0) is 86.2 Å². The third-order valence-electron chi connectivity index (χ3n) is 9.09. The lowest BCUT2D eigenvalue weighted by Crippen LogP contribution is -2.46. The minimum atomic E-state index is 0.122. The van der Waals surface area contributed by atoms with E-state index in [1.807, 2.05) is 17.0 Å². The van der Waals surface area contributed by atoms with E-state index in [0.717, 1.165) is 122 Å². The minimum Gasteiger partial charge on any atom is -0.489 e. The number of piperidine rings is 1. The molecular weight excluding hydrogens is 524 g/mol. The van der Waals surface area contributed by atoms with Crippen molar-refractivity contribution in [1.29, 1.82) is 0 Å². The third-order valence-corrected chi connectivity index (χ3v) is 9.54. The van der Waals surface area contributed by atoms with Crippen LogP contribution in [-0.4, -0.2) is 72.2 Å². The van der Waals surface area contributed by atoms with Crippen molar-refractivity contribution in [2.45, 2.75) is 63.3 Å². The van der Waals surface area contributed by atoms with Gasteiger partial charge in [-0.3, -0.25) is 14.7 Å². The van der Waals surface area contributed by atoms with E-state index in [2.05, 4.69) is 40.5 Å². The molecule has 3 aromatic rings. The lowest BCUT2D eigenvalue weighted by molar-refractivity contribution is 0.0674. The van der Waals surface area contributed by atoms with Gasteiger partial charge in [0.2, 0.25) is 0 Å². The molecule has 0 radical (unpaired) electrons. The summed E-state index contributed by atoms with van der Waals surface area (Å²) in [5.74, 6) is 1.49.